The van der Waals surface area contributed by atoms with Crippen LogP contribution in [0.1, 0.15) is 13.3 Å². The van der Waals surface area contributed by atoms with Gasteiger partial charge < -0.3 is 5.73 Å². The summed E-state index contributed by atoms with van der Waals surface area (Å²) in [4.78, 5) is -0.617. The smallest absolute Gasteiger partial charge is 0.246 e. The molecule has 2 rings (SSSR count). The molecule has 2 N–H and O–H groups in total. The molecule has 1 aromatic carbocycles. The molecule has 0 aliphatic carbocycles. The summed E-state index contributed by atoms with van der Waals surface area (Å²) in [5.74, 6) is -1.72. The molecule has 106 valence electrons. The van der Waals surface area contributed by atoms with Crippen molar-refractivity contribution in [2.24, 2.45) is 11.1 Å². The first-order valence-corrected chi connectivity index (χ1v) is 7.38. The molecule has 1 fully saturated rings. The Morgan fingerprint density at radius 3 is 2.68 bits per heavy atom. The summed E-state index contributed by atoms with van der Waals surface area (Å²) in [5.41, 5.74) is 5.30. The first-order valence-electron chi connectivity index (χ1n) is 5.94. The summed E-state index contributed by atoms with van der Waals surface area (Å²) < 4.78 is 52.5. The Morgan fingerprint density at radius 2 is 2.11 bits per heavy atom. The predicted octanol–water partition coefficient (Wildman–Crippen LogP) is 1.32. The molecule has 0 amide bonds. The van der Waals surface area contributed by atoms with E-state index in [9.17, 15) is 17.2 Å². The quantitative estimate of drug-likeness (QED) is 0.913. The molecule has 1 saturated heterocycles. The highest BCUT2D eigenvalue weighted by Crippen LogP contribution is 2.33. The normalized spacial score (nSPS) is 24.8. The van der Waals surface area contributed by atoms with Crippen LogP contribution in [0.25, 0.3) is 0 Å². The van der Waals surface area contributed by atoms with Gasteiger partial charge in [0.2, 0.25) is 10.0 Å². The van der Waals surface area contributed by atoms with Crippen molar-refractivity contribution < 1.29 is 17.2 Å². The third kappa shape index (κ3) is 2.63. The Bertz CT molecular complexity index is 591. The Labute approximate surface area is 111 Å². The molecule has 1 aromatic rings. The van der Waals surface area contributed by atoms with Crippen molar-refractivity contribution >= 4 is 10.0 Å². The molecule has 1 aliphatic heterocycles. The third-order valence-corrected chi connectivity index (χ3v) is 5.39. The van der Waals surface area contributed by atoms with E-state index in [4.69, 9.17) is 5.73 Å². The van der Waals surface area contributed by atoms with Gasteiger partial charge in [-0.3, -0.25) is 0 Å². The summed E-state index contributed by atoms with van der Waals surface area (Å²) >= 11 is 0. The molecule has 0 spiro atoms. The first-order chi connectivity index (χ1) is 8.78. The number of halogens is 2. The molecule has 19 heavy (non-hydrogen) atoms. The van der Waals surface area contributed by atoms with Crippen LogP contribution in [0.3, 0.4) is 0 Å². The van der Waals surface area contributed by atoms with Gasteiger partial charge in [0.25, 0.3) is 0 Å². The lowest BCUT2D eigenvalue weighted by Gasteiger charge is -2.22. The number of benzene rings is 1. The molecule has 0 aromatic heterocycles. The Balaban J connectivity index is 2.36. The van der Waals surface area contributed by atoms with E-state index in [1.807, 2.05) is 6.92 Å². The lowest BCUT2D eigenvalue weighted by Crippen LogP contribution is -2.34. The second-order valence-electron chi connectivity index (χ2n) is 5.18. The van der Waals surface area contributed by atoms with Crippen LogP contribution in [0, 0.1) is 17.0 Å². The minimum absolute atomic E-state index is 0.224. The summed E-state index contributed by atoms with van der Waals surface area (Å²) in [6, 6.07) is 2.42. The van der Waals surface area contributed by atoms with Gasteiger partial charge in [-0.15, -0.1) is 0 Å². The molecule has 1 atom stereocenters. The fourth-order valence-corrected chi connectivity index (χ4v) is 3.83. The average molecular weight is 290 g/mol. The van der Waals surface area contributed by atoms with Crippen molar-refractivity contribution in [1.29, 1.82) is 0 Å². The summed E-state index contributed by atoms with van der Waals surface area (Å²) in [6.07, 6.45) is 0.611. The minimum Gasteiger partial charge on any atom is -0.330 e. The lowest BCUT2D eigenvalue weighted by molar-refractivity contribution is 0.349. The zero-order valence-electron chi connectivity index (χ0n) is 10.6. The van der Waals surface area contributed by atoms with E-state index < -0.39 is 26.6 Å². The number of nitrogens with zero attached hydrogens (tertiary/aromatic N) is 1. The molecule has 1 unspecified atom stereocenters. The zero-order valence-corrected chi connectivity index (χ0v) is 11.4. The van der Waals surface area contributed by atoms with E-state index in [0.717, 1.165) is 16.4 Å². The highest BCUT2D eigenvalue weighted by molar-refractivity contribution is 7.89. The summed E-state index contributed by atoms with van der Waals surface area (Å²) in [5, 5.41) is 0. The van der Waals surface area contributed by atoms with Crippen LogP contribution in [0.4, 0.5) is 8.78 Å². The van der Waals surface area contributed by atoms with E-state index in [0.29, 0.717) is 19.0 Å². The maximum absolute atomic E-state index is 13.6. The SMILES string of the molecule is CC1(CN)CCN(S(=O)(=O)c2cc(F)ccc2F)C1. The maximum Gasteiger partial charge on any atom is 0.246 e. The summed E-state index contributed by atoms with van der Waals surface area (Å²) in [7, 11) is -4.01. The Hall–Kier alpha value is -1.05. The van der Waals surface area contributed by atoms with Crippen molar-refractivity contribution in [3.8, 4) is 0 Å². The van der Waals surface area contributed by atoms with Crippen LogP contribution < -0.4 is 5.73 Å². The first kappa shape index (κ1) is 14.4. The predicted molar refractivity (Wildman–Crippen MR) is 66.9 cm³/mol. The lowest BCUT2D eigenvalue weighted by atomic mass is 9.90. The Kier molecular flexibility index (Phi) is 3.63. The van der Waals surface area contributed by atoms with Gasteiger partial charge in [0, 0.05) is 13.1 Å². The molecule has 1 aliphatic rings. The number of hydrogen-bond donors (Lipinski definition) is 1. The molecular weight excluding hydrogens is 274 g/mol. The van der Waals surface area contributed by atoms with E-state index >= 15 is 0 Å². The Morgan fingerprint density at radius 1 is 1.42 bits per heavy atom. The van der Waals surface area contributed by atoms with Crippen LogP contribution >= 0.6 is 0 Å². The second kappa shape index (κ2) is 4.81. The van der Waals surface area contributed by atoms with E-state index in [2.05, 4.69) is 0 Å². The van der Waals surface area contributed by atoms with E-state index in [-0.39, 0.29) is 18.5 Å². The van der Waals surface area contributed by atoms with Crippen molar-refractivity contribution in [3.63, 3.8) is 0 Å². The third-order valence-electron chi connectivity index (χ3n) is 3.53. The van der Waals surface area contributed by atoms with Crippen molar-refractivity contribution in [1.82, 2.24) is 4.31 Å². The van der Waals surface area contributed by atoms with Gasteiger partial charge in [0.1, 0.15) is 16.5 Å². The molecule has 0 saturated carbocycles. The van der Waals surface area contributed by atoms with Gasteiger partial charge in [-0.05, 0) is 36.6 Å². The van der Waals surface area contributed by atoms with Crippen LogP contribution in [0.5, 0.6) is 0 Å². The molecule has 1 heterocycles. The molecular formula is C12H16F2N2O2S. The topological polar surface area (TPSA) is 63.4 Å². The number of nitrogens with two attached hydrogens (primary N) is 1. The van der Waals surface area contributed by atoms with Gasteiger partial charge in [0.05, 0.1) is 0 Å². The highest BCUT2D eigenvalue weighted by atomic mass is 32.2. The van der Waals surface area contributed by atoms with Gasteiger partial charge >= 0.3 is 0 Å². The van der Waals surface area contributed by atoms with Gasteiger partial charge in [-0.1, -0.05) is 6.92 Å². The van der Waals surface area contributed by atoms with Crippen LogP contribution in [0.2, 0.25) is 0 Å². The van der Waals surface area contributed by atoms with Gasteiger partial charge in [-0.25, -0.2) is 17.2 Å². The molecule has 7 heteroatoms. The van der Waals surface area contributed by atoms with Crippen molar-refractivity contribution in [3.05, 3.63) is 29.8 Å². The van der Waals surface area contributed by atoms with Crippen molar-refractivity contribution in [2.75, 3.05) is 19.6 Å². The largest absolute Gasteiger partial charge is 0.330 e. The maximum atomic E-state index is 13.6. The number of rotatable bonds is 3. The molecule has 0 radical (unpaired) electrons. The van der Waals surface area contributed by atoms with Crippen LogP contribution in [-0.2, 0) is 10.0 Å². The highest BCUT2D eigenvalue weighted by Gasteiger charge is 2.39. The monoisotopic (exact) mass is 290 g/mol. The van der Waals surface area contributed by atoms with Crippen LogP contribution in [-0.4, -0.2) is 32.4 Å². The van der Waals surface area contributed by atoms with Crippen LogP contribution in [0.15, 0.2) is 23.1 Å². The summed E-state index contributed by atoms with van der Waals surface area (Å²) in [6.45, 7) is 2.73. The molecule has 0 bridgehead atoms. The van der Waals surface area contributed by atoms with Crippen molar-refractivity contribution in [2.45, 2.75) is 18.2 Å². The second-order valence-corrected chi connectivity index (χ2v) is 7.08. The minimum atomic E-state index is -4.01. The zero-order chi connectivity index (χ0) is 14.3. The van der Waals surface area contributed by atoms with Gasteiger partial charge in [0.15, 0.2) is 0 Å². The average Bonchev–Trinajstić information content (AvgIpc) is 2.76. The molecule has 4 nitrogen and oxygen atoms in total. The van der Waals surface area contributed by atoms with E-state index in [1.54, 1.807) is 0 Å². The number of sulfonamides is 1. The van der Waals surface area contributed by atoms with Gasteiger partial charge in [-0.2, -0.15) is 4.31 Å². The fourth-order valence-electron chi connectivity index (χ4n) is 2.16. The van der Waals surface area contributed by atoms with E-state index in [1.165, 1.54) is 0 Å². The standard InChI is InChI=1S/C12H16F2N2O2S/c1-12(7-15)4-5-16(8-12)19(17,18)11-6-9(13)2-3-10(11)14/h2-3,6H,4-5,7-8,15H2,1H3. The fraction of sp³-hybridized carbons (Fsp3) is 0.500. The number of hydrogen-bond acceptors (Lipinski definition) is 3.